The molecular formula is C18H18ClFN2O4S. The van der Waals surface area contributed by atoms with Gasteiger partial charge in [0.15, 0.2) is 6.61 Å². The molecule has 1 heterocycles. The molecule has 2 aromatic rings. The number of piperazine rings is 1. The van der Waals surface area contributed by atoms with Gasteiger partial charge < -0.3 is 9.64 Å². The number of hydrogen-bond acceptors (Lipinski definition) is 4. The lowest BCUT2D eigenvalue weighted by molar-refractivity contribution is -0.134. The quantitative estimate of drug-likeness (QED) is 0.756. The lowest BCUT2D eigenvalue weighted by Crippen LogP contribution is -2.51. The van der Waals surface area contributed by atoms with Crippen molar-refractivity contribution in [3.63, 3.8) is 0 Å². The van der Waals surface area contributed by atoms with Crippen molar-refractivity contribution in [1.82, 2.24) is 9.21 Å². The second-order valence-electron chi connectivity index (χ2n) is 5.98. The fraction of sp³-hybridized carbons (Fsp3) is 0.278. The van der Waals surface area contributed by atoms with E-state index in [-0.39, 0.29) is 49.4 Å². The third kappa shape index (κ3) is 4.77. The van der Waals surface area contributed by atoms with Gasteiger partial charge in [0.25, 0.3) is 5.91 Å². The fourth-order valence-corrected chi connectivity index (χ4v) is 4.45. The molecule has 1 saturated heterocycles. The SMILES string of the molecule is O=C(COc1ccc(F)cc1)N1CCN(S(=O)(=O)c2cccc(Cl)c2)CC1. The Kier molecular flexibility index (Phi) is 5.98. The number of sulfonamides is 1. The smallest absolute Gasteiger partial charge is 0.260 e. The van der Waals surface area contributed by atoms with Crippen LogP contribution in [-0.4, -0.2) is 56.3 Å². The maximum Gasteiger partial charge on any atom is 0.260 e. The van der Waals surface area contributed by atoms with Gasteiger partial charge in [0.05, 0.1) is 4.90 Å². The molecule has 0 aromatic heterocycles. The van der Waals surface area contributed by atoms with Gasteiger partial charge in [-0.2, -0.15) is 4.31 Å². The maximum absolute atomic E-state index is 12.9. The molecule has 27 heavy (non-hydrogen) atoms. The second-order valence-corrected chi connectivity index (χ2v) is 8.36. The van der Waals surface area contributed by atoms with Crippen LogP contribution in [0.1, 0.15) is 0 Å². The van der Waals surface area contributed by atoms with Crippen LogP contribution < -0.4 is 4.74 Å². The maximum atomic E-state index is 12.9. The summed E-state index contributed by atoms with van der Waals surface area (Å²) in [5.41, 5.74) is 0. The molecule has 0 N–H and O–H groups in total. The average Bonchev–Trinajstić information content (AvgIpc) is 2.67. The van der Waals surface area contributed by atoms with Crippen molar-refractivity contribution in [2.75, 3.05) is 32.8 Å². The van der Waals surface area contributed by atoms with Gasteiger partial charge in [-0.25, -0.2) is 12.8 Å². The number of carbonyl (C=O) groups excluding carboxylic acids is 1. The largest absolute Gasteiger partial charge is 0.484 e. The minimum absolute atomic E-state index is 0.134. The third-order valence-electron chi connectivity index (χ3n) is 4.20. The van der Waals surface area contributed by atoms with E-state index in [1.807, 2.05) is 0 Å². The first kappa shape index (κ1) is 19.6. The summed E-state index contributed by atoms with van der Waals surface area (Å²) in [4.78, 5) is 13.9. The molecule has 0 aliphatic carbocycles. The Labute approximate surface area is 162 Å². The number of hydrogen-bond donors (Lipinski definition) is 0. The van der Waals surface area contributed by atoms with Gasteiger partial charge in [-0.3, -0.25) is 4.79 Å². The van der Waals surface area contributed by atoms with Crippen LogP contribution >= 0.6 is 11.6 Å². The average molecular weight is 413 g/mol. The van der Waals surface area contributed by atoms with Crippen molar-refractivity contribution >= 4 is 27.5 Å². The van der Waals surface area contributed by atoms with Crippen LogP contribution in [0.2, 0.25) is 5.02 Å². The molecule has 1 aliphatic heterocycles. The van der Waals surface area contributed by atoms with Crippen LogP contribution in [0.5, 0.6) is 5.75 Å². The number of amides is 1. The third-order valence-corrected chi connectivity index (χ3v) is 6.33. The van der Waals surface area contributed by atoms with Crippen LogP contribution in [0.4, 0.5) is 4.39 Å². The zero-order valence-electron chi connectivity index (χ0n) is 14.3. The highest BCUT2D eigenvalue weighted by molar-refractivity contribution is 7.89. The molecule has 3 rings (SSSR count). The van der Waals surface area contributed by atoms with Crippen molar-refractivity contribution in [2.24, 2.45) is 0 Å². The molecule has 1 aliphatic rings. The molecule has 6 nitrogen and oxygen atoms in total. The molecule has 0 saturated carbocycles. The van der Waals surface area contributed by atoms with Gasteiger partial charge in [0, 0.05) is 31.2 Å². The minimum Gasteiger partial charge on any atom is -0.484 e. The predicted molar refractivity (Wildman–Crippen MR) is 98.7 cm³/mol. The molecule has 0 spiro atoms. The van der Waals surface area contributed by atoms with Gasteiger partial charge >= 0.3 is 0 Å². The van der Waals surface area contributed by atoms with Crippen molar-refractivity contribution in [2.45, 2.75) is 4.90 Å². The second kappa shape index (κ2) is 8.24. The molecular weight excluding hydrogens is 395 g/mol. The first-order valence-corrected chi connectivity index (χ1v) is 10.1. The fourth-order valence-electron chi connectivity index (χ4n) is 2.72. The molecule has 0 radical (unpaired) electrons. The van der Waals surface area contributed by atoms with Gasteiger partial charge in [0.2, 0.25) is 10.0 Å². The van der Waals surface area contributed by atoms with Crippen LogP contribution in [0, 0.1) is 5.82 Å². The molecule has 1 amide bonds. The van der Waals surface area contributed by atoms with E-state index in [0.717, 1.165) is 0 Å². The molecule has 144 valence electrons. The Morgan fingerprint density at radius 3 is 2.37 bits per heavy atom. The zero-order chi connectivity index (χ0) is 19.4. The topological polar surface area (TPSA) is 66.9 Å². The highest BCUT2D eigenvalue weighted by Crippen LogP contribution is 2.21. The standard InChI is InChI=1S/C18H18ClFN2O4S/c19-14-2-1-3-17(12-14)27(24,25)22-10-8-21(9-11-22)18(23)13-26-16-6-4-15(20)5-7-16/h1-7,12H,8-11,13H2. The lowest BCUT2D eigenvalue weighted by Gasteiger charge is -2.34. The summed E-state index contributed by atoms with van der Waals surface area (Å²) in [6, 6.07) is 11.5. The van der Waals surface area contributed by atoms with E-state index < -0.39 is 10.0 Å². The minimum atomic E-state index is -3.65. The first-order valence-electron chi connectivity index (χ1n) is 8.28. The van der Waals surface area contributed by atoms with Crippen LogP contribution in [0.3, 0.4) is 0 Å². The number of benzene rings is 2. The van der Waals surface area contributed by atoms with Crippen molar-refractivity contribution < 1.29 is 22.3 Å². The van der Waals surface area contributed by atoms with Crippen molar-refractivity contribution in [3.8, 4) is 5.75 Å². The molecule has 9 heteroatoms. The summed E-state index contributed by atoms with van der Waals surface area (Å²) >= 11 is 5.88. The molecule has 2 aromatic carbocycles. The molecule has 0 unspecified atom stereocenters. The van der Waals surface area contributed by atoms with E-state index in [1.165, 1.54) is 40.7 Å². The van der Waals surface area contributed by atoms with Gasteiger partial charge in [-0.1, -0.05) is 17.7 Å². The van der Waals surface area contributed by atoms with Gasteiger partial charge in [-0.05, 0) is 42.5 Å². The number of ether oxygens (including phenoxy) is 1. The van der Waals surface area contributed by atoms with E-state index in [9.17, 15) is 17.6 Å². The van der Waals surface area contributed by atoms with Crippen molar-refractivity contribution in [3.05, 3.63) is 59.4 Å². The van der Waals surface area contributed by atoms with Crippen LogP contribution in [-0.2, 0) is 14.8 Å². The van der Waals surface area contributed by atoms with E-state index >= 15 is 0 Å². The zero-order valence-corrected chi connectivity index (χ0v) is 15.9. The summed E-state index contributed by atoms with van der Waals surface area (Å²) in [6.45, 7) is 0.734. The monoisotopic (exact) mass is 412 g/mol. The van der Waals surface area contributed by atoms with Crippen molar-refractivity contribution in [1.29, 1.82) is 0 Å². The van der Waals surface area contributed by atoms with Crippen LogP contribution in [0.25, 0.3) is 0 Å². The van der Waals surface area contributed by atoms with Crippen LogP contribution in [0.15, 0.2) is 53.4 Å². The summed E-state index contributed by atoms with van der Waals surface area (Å²) in [6.07, 6.45) is 0. The highest BCUT2D eigenvalue weighted by Gasteiger charge is 2.30. The summed E-state index contributed by atoms with van der Waals surface area (Å²) in [5.74, 6) is -0.239. The molecule has 0 atom stereocenters. The number of rotatable bonds is 5. The summed E-state index contributed by atoms with van der Waals surface area (Å²) < 4.78 is 44.9. The van der Waals surface area contributed by atoms with E-state index in [4.69, 9.17) is 16.3 Å². The number of halogens is 2. The Balaban J connectivity index is 1.55. The Bertz CT molecular complexity index is 913. The summed E-state index contributed by atoms with van der Waals surface area (Å²) in [7, 11) is -3.65. The Morgan fingerprint density at radius 1 is 1.07 bits per heavy atom. The van der Waals surface area contributed by atoms with E-state index in [2.05, 4.69) is 0 Å². The first-order chi connectivity index (χ1) is 12.9. The normalized spacial score (nSPS) is 15.6. The number of nitrogens with zero attached hydrogens (tertiary/aromatic N) is 2. The lowest BCUT2D eigenvalue weighted by atomic mass is 10.3. The van der Waals surface area contributed by atoms with E-state index in [1.54, 1.807) is 17.0 Å². The van der Waals surface area contributed by atoms with E-state index in [0.29, 0.717) is 10.8 Å². The summed E-state index contributed by atoms with van der Waals surface area (Å²) in [5, 5.41) is 0.350. The highest BCUT2D eigenvalue weighted by atomic mass is 35.5. The van der Waals surface area contributed by atoms with Gasteiger partial charge in [-0.15, -0.1) is 0 Å². The Morgan fingerprint density at radius 2 is 1.74 bits per heavy atom. The Hall–Kier alpha value is -2.16. The molecule has 0 bridgehead atoms. The predicted octanol–water partition coefficient (Wildman–Crippen LogP) is 2.39. The van der Waals surface area contributed by atoms with Gasteiger partial charge in [0.1, 0.15) is 11.6 Å². The number of carbonyl (C=O) groups is 1. The molecule has 1 fully saturated rings.